The molecular weight excluding hydrogens is 495 g/mol. The van der Waals surface area contributed by atoms with Crippen LogP contribution in [0.5, 0.6) is 11.6 Å². The molecule has 0 aliphatic heterocycles. The van der Waals surface area contributed by atoms with Crippen LogP contribution in [0, 0.1) is 6.92 Å². The predicted octanol–water partition coefficient (Wildman–Crippen LogP) is 3.69. The van der Waals surface area contributed by atoms with Crippen molar-refractivity contribution >= 4 is 29.9 Å². The zero-order chi connectivity index (χ0) is 20.9. The molecule has 8 heteroatoms. The molecule has 2 rings (SSSR count). The van der Waals surface area contributed by atoms with Gasteiger partial charge in [0.25, 0.3) is 0 Å². The largest absolute Gasteiger partial charge is 0.491 e. The first kappa shape index (κ1) is 26.0. The number of guanidine groups is 1. The van der Waals surface area contributed by atoms with Crippen molar-refractivity contribution in [3.63, 3.8) is 0 Å². The van der Waals surface area contributed by atoms with E-state index in [0.717, 1.165) is 22.4 Å². The summed E-state index contributed by atoms with van der Waals surface area (Å²) in [6, 6.07) is 10.1. The van der Waals surface area contributed by atoms with Gasteiger partial charge in [-0.25, -0.2) is 4.98 Å². The lowest BCUT2D eigenvalue weighted by atomic mass is 10.1. The van der Waals surface area contributed by atoms with Crippen LogP contribution in [-0.4, -0.2) is 44.4 Å². The summed E-state index contributed by atoms with van der Waals surface area (Å²) in [6.45, 7) is 9.50. The van der Waals surface area contributed by atoms with Crippen LogP contribution < -0.4 is 20.1 Å². The van der Waals surface area contributed by atoms with E-state index in [1.54, 1.807) is 13.2 Å². The number of ether oxygens (including phenoxy) is 3. The highest BCUT2D eigenvalue weighted by atomic mass is 127. The molecule has 0 saturated heterocycles. The number of aryl methyl sites for hydroxylation is 1. The molecule has 0 unspecified atom stereocenters. The van der Waals surface area contributed by atoms with Crippen molar-refractivity contribution in [2.24, 2.45) is 4.99 Å². The Morgan fingerprint density at radius 1 is 1.00 bits per heavy atom. The zero-order valence-corrected chi connectivity index (χ0v) is 20.6. The van der Waals surface area contributed by atoms with E-state index in [1.807, 2.05) is 32.0 Å². The highest BCUT2D eigenvalue weighted by molar-refractivity contribution is 14.0. The standard InChI is InChI=1S/C22H32N4O3.HI/c1-5-27-12-13-29-20-14-17(3)9-10-18(20)15-25-22(23-4)26-16-19-8-7-11-24-21(19)28-6-2;/h7-11,14H,5-6,12-13,15-16H2,1-4H3,(H2,23,25,26);1H. The van der Waals surface area contributed by atoms with E-state index in [-0.39, 0.29) is 24.0 Å². The molecule has 1 aromatic carbocycles. The smallest absolute Gasteiger partial charge is 0.218 e. The molecule has 2 aromatic rings. The van der Waals surface area contributed by atoms with Crippen LogP contribution in [0.4, 0.5) is 0 Å². The molecule has 0 spiro atoms. The van der Waals surface area contributed by atoms with Gasteiger partial charge in [-0.3, -0.25) is 4.99 Å². The van der Waals surface area contributed by atoms with Gasteiger partial charge < -0.3 is 24.8 Å². The lowest BCUT2D eigenvalue weighted by Crippen LogP contribution is -2.36. The van der Waals surface area contributed by atoms with Gasteiger partial charge in [0.1, 0.15) is 12.4 Å². The second-order valence-corrected chi connectivity index (χ2v) is 6.34. The Morgan fingerprint density at radius 2 is 1.77 bits per heavy atom. The maximum atomic E-state index is 5.91. The number of benzene rings is 1. The molecule has 0 fully saturated rings. The average molecular weight is 528 g/mol. The third-order valence-corrected chi connectivity index (χ3v) is 4.16. The van der Waals surface area contributed by atoms with Crippen molar-refractivity contribution in [1.82, 2.24) is 15.6 Å². The number of rotatable bonds is 11. The number of halogens is 1. The van der Waals surface area contributed by atoms with Crippen LogP contribution in [-0.2, 0) is 17.8 Å². The van der Waals surface area contributed by atoms with Crippen molar-refractivity contribution in [2.75, 3.05) is 33.5 Å². The Labute approximate surface area is 196 Å². The number of hydrogen-bond acceptors (Lipinski definition) is 5. The van der Waals surface area contributed by atoms with Crippen LogP contribution >= 0.6 is 24.0 Å². The molecule has 166 valence electrons. The topological polar surface area (TPSA) is 77.0 Å². The van der Waals surface area contributed by atoms with Gasteiger partial charge in [0.2, 0.25) is 5.88 Å². The van der Waals surface area contributed by atoms with Crippen LogP contribution in [0.1, 0.15) is 30.5 Å². The van der Waals surface area contributed by atoms with Gasteiger partial charge in [-0.05, 0) is 38.5 Å². The van der Waals surface area contributed by atoms with E-state index < -0.39 is 0 Å². The molecule has 0 aliphatic carbocycles. The normalized spacial score (nSPS) is 10.9. The van der Waals surface area contributed by atoms with Crippen LogP contribution in [0.25, 0.3) is 0 Å². The summed E-state index contributed by atoms with van der Waals surface area (Å²) in [5.74, 6) is 2.19. The Kier molecular flexibility index (Phi) is 12.8. The number of aromatic nitrogens is 1. The van der Waals surface area contributed by atoms with Gasteiger partial charge in [-0.1, -0.05) is 18.2 Å². The van der Waals surface area contributed by atoms with E-state index >= 15 is 0 Å². The molecule has 1 aromatic heterocycles. The second-order valence-electron chi connectivity index (χ2n) is 6.34. The molecule has 2 N–H and O–H groups in total. The summed E-state index contributed by atoms with van der Waals surface area (Å²) in [7, 11) is 1.75. The van der Waals surface area contributed by atoms with Gasteiger partial charge in [0, 0.05) is 44.1 Å². The number of pyridine rings is 1. The highest BCUT2D eigenvalue weighted by Crippen LogP contribution is 2.20. The average Bonchev–Trinajstić information content (AvgIpc) is 2.73. The van der Waals surface area contributed by atoms with Gasteiger partial charge in [-0.15, -0.1) is 24.0 Å². The van der Waals surface area contributed by atoms with Crippen LogP contribution in [0.15, 0.2) is 41.5 Å². The first-order valence-corrected chi connectivity index (χ1v) is 9.99. The summed E-state index contributed by atoms with van der Waals surface area (Å²) >= 11 is 0. The quantitative estimate of drug-likeness (QED) is 0.201. The van der Waals surface area contributed by atoms with Gasteiger partial charge in [0.05, 0.1) is 13.2 Å². The minimum atomic E-state index is 0. The molecular formula is C22H33IN4O3. The fraction of sp³-hybridized carbons (Fsp3) is 0.455. The fourth-order valence-corrected chi connectivity index (χ4v) is 2.70. The van der Waals surface area contributed by atoms with Crippen molar-refractivity contribution in [3.8, 4) is 11.6 Å². The molecule has 0 amide bonds. The van der Waals surface area contributed by atoms with E-state index in [1.165, 1.54) is 0 Å². The summed E-state index contributed by atoms with van der Waals surface area (Å²) in [5, 5.41) is 6.64. The van der Waals surface area contributed by atoms with Crippen molar-refractivity contribution in [3.05, 3.63) is 53.2 Å². The first-order chi connectivity index (χ1) is 14.2. The maximum absolute atomic E-state index is 5.91. The van der Waals surface area contributed by atoms with Gasteiger partial charge >= 0.3 is 0 Å². The Bertz CT molecular complexity index is 787. The Balaban J connectivity index is 0.00000450. The van der Waals surface area contributed by atoms with Gasteiger partial charge in [-0.2, -0.15) is 0 Å². The van der Waals surface area contributed by atoms with E-state index in [4.69, 9.17) is 14.2 Å². The summed E-state index contributed by atoms with van der Waals surface area (Å²) in [5.41, 5.74) is 3.20. The number of hydrogen-bond donors (Lipinski definition) is 2. The fourth-order valence-electron chi connectivity index (χ4n) is 2.70. The zero-order valence-electron chi connectivity index (χ0n) is 18.2. The molecule has 0 radical (unpaired) electrons. The number of nitrogens with zero attached hydrogens (tertiary/aromatic N) is 2. The minimum absolute atomic E-state index is 0. The van der Waals surface area contributed by atoms with Crippen molar-refractivity contribution in [1.29, 1.82) is 0 Å². The SMILES string of the molecule is CCOCCOc1cc(C)ccc1CNC(=NC)NCc1cccnc1OCC.I. The molecule has 0 atom stereocenters. The van der Waals surface area contributed by atoms with E-state index in [2.05, 4.69) is 39.7 Å². The van der Waals surface area contributed by atoms with Crippen LogP contribution in [0.3, 0.4) is 0 Å². The Hall–Kier alpha value is -2.07. The van der Waals surface area contributed by atoms with Gasteiger partial charge in [0.15, 0.2) is 5.96 Å². The second kappa shape index (κ2) is 14.8. The monoisotopic (exact) mass is 528 g/mol. The minimum Gasteiger partial charge on any atom is -0.491 e. The lowest BCUT2D eigenvalue weighted by Gasteiger charge is -2.16. The molecule has 0 saturated carbocycles. The molecule has 30 heavy (non-hydrogen) atoms. The molecule has 0 aliphatic rings. The predicted molar refractivity (Wildman–Crippen MR) is 131 cm³/mol. The maximum Gasteiger partial charge on any atom is 0.218 e. The highest BCUT2D eigenvalue weighted by Gasteiger charge is 2.08. The van der Waals surface area contributed by atoms with Crippen LogP contribution in [0.2, 0.25) is 0 Å². The lowest BCUT2D eigenvalue weighted by molar-refractivity contribution is 0.110. The van der Waals surface area contributed by atoms with Crippen molar-refractivity contribution in [2.45, 2.75) is 33.9 Å². The summed E-state index contributed by atoms with van der Waals surface area (Å²) < 4.78 is 16.8. The first-order valence-electron chi connectivity index (χ1n) is 9.99. The Morgan fingerprint density at radius 3 is 2.47 bits per heavy atom. The van der Waals surface area contributed by atoms with Crippen molar-refractivity contribution < 1.29 is 14.2 Å². The third kappa shape index (κ3) is 8.74. The van der Waals surface area contributed by atoms with E-state index in [9.17, 15) is 0 Å². The molecule has 1 heterocycles. The third-order valence-electron chi connectivity index (χ3n) is 4.16. The molecule has 7 nitrogen and oxygen atoms in total. The number of aliphatic imine (C=N–C) groups is 1. The molecule has 0 bridgehead atoms. The summed E-state index contributed by atoms with van der Waals surface area (Å²) in [6.07, 6.45) is 1.73. The van der Waals surface area contributed by atoms with E-state index in [0.29, 0.717) is 51.4 Å². The summed E-state index contributed by atoms with van der Waals surface area (Å²) in [4.78, 5) is 8.58. The number of nitrogens with one attached hydrogen (secondary N) is 2.